The van der Waals surface area contributed by atoms with Gasteiger partial charge in [-0.05, 0) is 38.5 Å². The SMILES string of the molecule is CC(C)n1ccc2c(OCC(=O)NCCCn3ccnc3)cccc21. The van der Waals surface area contributed by atoms with E-state index in [1.54, 1.807) is 12.5 Å². The first-order valence-electron chi connectivity index (χ1n) is 8.60. The molecule has 25 heavy (non-hydrogen) atoms. The topological polar surface area (TPSA) is 61.1 Å². The van der Waals surface area contributed by atoms with Crippen LogP contribution in [0.5, 0.6) is 5.75 Å². The maximum absolute atomic E-state index is 12.0. The summed E-state index contributed by atoms with van der Waals surface area (Å²) in [6.45, 7) is 5.77. The molecule has 0 spiro atoms. The number of fused-ring (bicyclic) bond motifs is 1. The lowest BCUT2D eigenvalue weighted by Crippen LogP contribution is -2.30. The van der Waals surface area contributed by atoms with E-state index in [0.717, 1.165) is 29.6 Å². The van der Waals surface area contributed by atoms with E-state index < -0.39 is 0 Å². The third-order valence-electron chi connectivity index (χ3n) is 4.11. The van der Waals surface area contributed by atoms with Gasteiger partial charge in [0, 0.05) is 43.1 Å². The number of carbonyl (C=O) groups is 1. The smallest absolute Gasteiger partial charge is 0.257 e. The number of imidazole rings is 1. The van der Waals surface area contributed by atoms with Gasteiger partial charge < -0.3 is 19.2 Å². The van der Waals surface area contributed by atoms with Crippen LogP contribution in [0.15, 0.2) is 49.2 Å². The average molecular weight is 340 g/mol. The van der Waals surface area contributed by atoms with Crippen molar-refractivity contribution in [3.8, 4) is 5.75 Å². The van der Waals surface area contributed by atoms with Crippen LogP contribution in [-0.4, -0.2) is 33.2 Å². The molecule has 0 fully saturated rings. The average Bonchev–Trinajstić information content (AvgIpc) is 3.26. The Morgan fingerprint density at radius 3 is 2.92 bits per heavy atom. The van der Waals surface area contributed by atoms with Crippen molar-refractivity contribution in [1.29, 1.82) is 0 Å². The second-order valence-corrected chi connectivity index (χ2v) is 6.30. The van der Waals surface area contributed by atoms with Gasteiger partial charge in [-0.1, -0.05) is 6.07 Å². The van der Waals surface area contributed by atoms with Crippen LogP contribution < -0.4 is 10.1 Å². The molecule has 6 heteroatoms. The highest BCUT2D eigenvalue weighted by molar-refractivity contribution is 5.87. The van der Waals surface area contributed by atoms with E-state index in [2.05, 4.69) is 41.0 Å². The van der Waals surface area contributed by atoms with Gasteiger partial charge in [0.15, 0.2) is 6.61 Å². The molecule has 0 aliphatic heterocycles. The van der Waals surface area contributed by atoms with Crippen LogP contribution in [0, 0.1) is 0 Å². The molecule has 1 amide bonds. The van der Waals surface area contributed by atoms with Gasteiger partial charge in [0.1, 0.15) is 5.75 Å². The lowest BCUT2D eigenvalue weighted by molar-refractivity contribution is -0.123. The number of rotatable bonds is 8. The van der Waals surface area contributed by atoms with Crippen LogP contribution in [0.25, 0.3) is 10.9 Å². The standard InChI is InChI=1S/C19H24N4O2/c1-15(2)23-11-7-16-17(23)5-3-6-18(16)25-13-19(24)21-8-4-10-22-12-9-20-14-22/h3,5-7,9,11-12,14-15H,4,8,10,13H2,1-2H3,(H,21,24). The van der Waals surface area contributed by atoms with E-state index in [1.165, 1.54) is 0 Å². The molecule has 2 heterocycles. The molecule has 3 rings (SSSR count). The largest absolute Gasteiger partial charge is 0.483 e. The number of hydrogen-bond donors (Lipinski definition) is 1. The molecule has 3 aromatic rings. The fourth-order valence-corrected chi connectivity index (χ4v) is 2.84. The van der Waals surface area contributed by atoms with Gasteiger partial charge >= 0.3 is 0 Å². The summed E-state index contributed by atoms with van der Waals surface area (Å²) in [4.78, 5) is 16.0. The van der Waals surface area contributed by atoms with E-state index in [1.807, 2.05) is 29.0 Å². The molecule has 0 atom stereocenters. The molecule has 1 aromatic carbocycles. The number of benzene rings is 1. The van der Waals surface area contributed by atoms with Gasteiger partial charge in [-0.25, -0.2) is 4.98 Å². The zero-order valence-electron chi connectivity index (χ0n) is 14.7. The fourth-order valence-electron chi connectivity index (χ4n) is 2.84. The fraction of sp³-hybridized carbons (Fsp3) is 0.368. The summed E-state index contributed by atoms with van der Waals surface area (Å²) < 4.78 is 9.92. The third kappa shape index (κ3) is 4.21. The van der Waals surface area contributed by atoms with Crippen molar-refractivity contribution in [1.82, 2.24) is 19.4 Å². The van der Waals surface area contributed by atoms with E-state index >= 15 is 0 Å². The van der Waals surface area contributed by atoms with E-state index in [-0.39, 0.29) is 12.5 Å². The Morgan fingerprint density at radius 2 is 2.16 bits per heavy atom. The van der Waals surface area contributed by atoms with Gasteiger partial charge in [0.05, 0.1) is 11.8 Å². The van der Waals surface area contributed by atoms with Gasteiger partial charge in [-0.15, -0.1) is 0 Å². The maximum atomic E-state index is 12.0. The van der Waals surface area contributed by atoms with E-state index in [0.29, 0.717) is 12.6 Å². The summed E-state index contributed by atoms with van der Waals surface area (Å²) in [5, 5.41) is 3.92. The number of aryl methyl sites for hydroxylation is 1. The molecule has 0 saturated carbocycles. The van der Waals surface area contributed by atoms with Crippen LogP contribution >= 0.6 is 0 Å². The number of amides is 1. The minimum atomic E-state index is -0.106. The highest BCUT2D eigenvalue weighted by Crippen LogP contribution is 2.28. The molecule has 0 aliphatic carbocycles. The second-order valence-electron chi connectivity index (χ2n) is 6.30. The minimum Gasteiger partial charge on any atom is -0.483 e. The summed E-state index contributed by atoms with van der Waals surface area (Å²) in [6.07, 6.45) is 8.34. The normalized spacial score (nSPS) is 11.2. The number of carbonyl (C=O) groups excluding carboxylic acids is 1. The Labute approximate surface area is 147 Å². The molecule has 2 aromatic heterocycles. The predicted octanol–water partition coefficient (Wildman–Crippen LogP) is 3.00. The Kier molecular flexibility index (Phi) is 5.38. The van der Waals surface area contributed by atoms with Crippen LogP contribution in [0.1, 0.15) is 26.3 Å². The van der Waals surface area contributed by atoms with Gasteiger partial charge in [0.25, 0.3) is 5.91 Å². The molecule has 0 saturated heterocycles. The Morgan fingerprint density at radius 1 is 1.28 bits per heavy atom. The van der Waals surface area contributed by atoms with Crippen molar-refractivity contribution in [2.75, 3.05) is 13.2 Å². The molecule has 1 N–H and O–H groups in total. The van der Waals surface area contributed by atoms with Crippen LogP contribution in [-0.2, 0) is 11.3 Å². The molecular formula is C19H24N4O2. The molecule has 0 aliphatic rings. The molecule has 0 bridgehead atoms. The maximum Gasteiger partial charge on any atom is 0.257 e. The van der Waals surface area contributed by atoms with Gasteiger partial charge in [0.2, 0.25) is 0 Å². The summed E-state index contributed by atoms with van der Waals surface area (Å²) in [5.41, 5.74) is 1.12. The lowest BCUT2D eigenvalue weighted by Gasteiger charge is -2.11. The summed E-state index contributed by atoms with van der Waals surface area (Å²) in [7, 11) is 0. The van der Waals surface area contributed by atoms with Crippen molar-refractivity contribution >= 4 is 16.8 Å². The molecule has 0 radical (unpaired) electrons. The summed E-state index contributed by atoms with van der Waals surface area (Å²) in [5.74, 6) is 0.636. The first kappa shape index (κ1) is 17.1. The number of nitrogens with one attached hydrogen (secondary N) is 1. The van der Waals surface area contributed by atoms with Gasteiger partial charge in [-0.3, -0.25) is 4.79 Å². The summed E-state index contributed by atoms with van der Waals surface area (Å²) in [6, 6.07) is 8.34. The second kappa shape index (κ2) is 7.88. The van der Waals surface area contributed by atoms with Crippen LogP contribution in [0.3, 0.4) is 0 Å². The third-order valence-corrected chi connectivity index (χ3v) is 4.11. The monoisotopic (exact) mass is 340 g/mol. The van der Waals surface area contributed by atoms with E-state index in [4.69, 9.17) is 4.74 Å². The number of aromatic nitrogens is 3. The Hall–Kier alpha value is -2.76. The lowest BCUT2D eigenvalue weighted by atomic mass is 10.2. The molecule has 0 unspecified atom stereocenters. The minimum absolute atomic E-state index is 0.0248. The number of nitrogens with zero attached hydrogens (tertiary/aromatic N) is 3. The first-order valence-corrected chi connectivity index (χ1v) is 8.60. The number of ether oxygens (including phenoxy) is 1. The van der Waals surface area contributed by atoms with Crippen molar-refractivity contribution < 1.29 is 9.53 Å². The van der Waals surface area contributed by atoms with Crippen molar-refractivity contribution in [3.63, 3.8) is 0 Å². The van der Waals surface area contributed by atoms with Gasteiger partial charge in [-0.2, -0.15) is 0 Å². The van der Waals surface area contributed by atoms with Crippen LogP contribution in [0.4, 0.5) is 0 Å². The van der Waals surface area contributed by atoms with E-state index in [9.17, 15) is 4.79 Å². The van der Waals surface area contributed by atoms with Crippen molar-refractivity contribution in [2.45, 2.75) is 32.9 Å². The highest BCUT2D eigenvalue weighted by Gasteiger charge is 2.10. The van der Waals surface area contributed by atoms with Crippen LogP contribution in [0.2, 0.25) is 0 Å². The van der Waals surface area contributed by atoms with Crippen molar-refractivity contribution in [3.05, 3.63) is 49.2 Å². The number of hydrogen-bond acceptors (Lipinski definition) is 3. The molecular weight excluding hydrogens is 316 g/mol. The first-order chi connectivity index (χ1) is 12.1. The molecule has 6 nitrogen and oxygen atoms in total. The predicted molar refractivity (Wildman–Crippen MR) is 97.7 cm³/mol. The highest BCUT2D eigenvalue weighted by atomic mass is 16.5. The van der Waals surface area contributed by atoms with Crippen molar-refractivity contribution in [2.24, 2.45) is 0 Å². The zero-order chi connectivity index (χ0) is 17.6. The Bertz CT molecular complexity index is 821. The quantitative estimate of drug-likeness (QED) is 0.641. The molecule has 132 valence electrons. The Balaban J connectivity index is 1.49. The summed E-state index contributed by atoms with van der Waals surface area (Å²) >= 11 is 0. The zero-order valence-corrected chi connectivity index (χ0v) is 14.7.